The van der Waals surface area contributed by atoms with Crippen LogP contribution in [-0.4, -0.2) is 121 Å². The molecule has 18 nitrogen and oxygen atoms in total. The molecule has 2 aromatic rings. The molecule has 11 atom stereocenters. The van der Waals surface area contributed by atoms with Crippen LogP contribution < -0.4 is 26.6 Å². The fraction of sp³-hybridized carbons (Fsp3) is 0.679. The number of fused-ring (bicyclic) bond motifs is 2. The van der Waals surface area contributed by atoms with E-state index < -0.39 is 71.3 Å². The van der Waals surface area contributed by atoms with E-state index >= 15 is 0 Å². The first kappa shape index (κ1) is 53.1. The van der Waals surface area contributed by atoms with Crippen molar-refractivity contribution < 1.29 is 43.5 Å². The van der Waals surface area contributed by atoms with Crippen molar-refractivity contribution >= 4 is 47.3 Å². The second-order valence-electron chi connectivity index (χ2n) is 23.8. The second kappa shape index (κ2) is 22.2. The minimum absolute atomic E-state index is 0.0481. The third-order valence-electron chi connectivity index (χ3n) is 17.5. The number of rotatable bonds is 16. The first-order valence-electron chi connectivity index (χ1n) is 27.7. The number of imide groups is 1. The number of nitrogens with zero attached hydrogens (tertiary/aromatic N) is 4. The van der Waals surface area contributed by atoms with Crippen LogP contribution in [0.1, 0.15) is 193 Å². The SMILES string of the molecule is CCC[C@H](NC(=O)[C@@H]1[C@H]2CCC[C@H]2CN1C(=O)[C@@H](NC(=O)[C@@H](NC(=O)c1cnc(C2CCC(c3ccc4c(c3)CN(C3CCC(=O)NC3=O)C4=O)C(C)C2)cn1)C1CCCCC1)C(C)(C)C)C(O)C(=O)NC1CC1. The minimum atomic E-state index is -1.43. The van der Waals surface area contributed by atoms with Crippen molar-refractivity contribution in [3.8, 4) is 0 Å². The van der Waals surface area contributed by atoms with Crippen LogP contribution in [0.15, 0.2) is 30.6 Å². The van der Waals surface area contributed by atoms with Gasteiger partial charge in [0, 0.05) is 43.2 Å². The smallest absolute Gasteiger partial charge is 0.272 e. The molecule has 4 heterocycles. The van der Waals surface area contributed by atoms with Gasteiger partial charge in [-0.25, -0.2) is 4.98 Å². The Morgan fingerprint density at radius 2 is 1.64 bits per heavy atom. The number of likely N-dealkylation sites (tertiary alicyclic amines) is 1. The maximum Gasteiger partial charge on any atom is 0.272 e. The zero-order valence-electron chi connectivity index (χ0n) is 43.8. The average Bonchev–Trinajstić information content (AvgIpc) is 3.80. The number of nitrogens with one attached hydrogen (secondary N) is 5. The van der Waals surface area contributed by atoms with E-state index in [1.54, 1.807) is 16.0 Å². The van der Waals surface area contributed by atoms with Gasteiger partial charge < -0.3 is 36.2 Å². The Bertz CT molecular complexity index is 2480. The van der Waals surface area contributed by atoms with E-state index in [2.05, 4.69) is 44.6 Å². The Balaban J connectivity index is 0.845. The number of aliphatic hydroxyl groups is 1. The number of amides is 8. The molecule has 0 spiro atoms. The summed E-state index contributed by atoms with van der Waals surface area (Å²) < 4.78 is 0. The standard InChI is InChI=1S/C56H77N9O9/c1-6-11-40(47(67)53(72)59-36-18-19-36)60-52(71)46-38-15-10-14-34(38)28-65(46)55(74)48(56(3,4)5)63-51(70)45(31-12-8-7-9-13-31)62-49(68)42-27-57-41(26-58-42)33-17-20-37(30(2)24-33)32-16-21-39-35(25-32)29-64(54(39)73)43-22-23-44(66)61-50(43)69/h16,21,25-27,30-31,33-34,36-38,40,43,45-48,67H,6-15,17-20,22-24,28-29H2,1-5H3,(H,59,72)(H,60,71)(H,62,68)(H,63,70)(H,61,66,69)/t30?,33?,34-,37?,38-,40-,43?,45-,46-,47?,48+/m0/s1. The molecule has 2 saturated heterocycles. The van der Waals surface area contributed by atoms with Gasteiger partial charge in [-0.2, -0.15) is 0 Å². The highest BCUT2D eigenvalue weighted by molar-refractivity contribution is 6.05. The van der Waals surface area contributed by atoms with E-state index in [-0.39, 0.29) is 71.4 Å². The van der Waals surface area contributed by atoms with Gasteiger partial charge in [-0.1, -0.05) is 78.9 Å². The van der Waals surface area contributed by atoms with Crippen LogP contribution >= 0.6 is 0 Å². The number of piperidine rings is 1. The van der Waals surface area contributed by atoms with Gasteiger partial charge in [0.05, 0.1) is 17.9 Å². The number of carbonyl (C=O) groups excluding carboxylic acids is 8. The van der Waals surface area contributed by atoms with E-state index in [1.165, 1.54) is 6.20 Å². The van der Waals surface area contributed by atoms with Crippen molar-refractivity contribution in [1.82, 2.24) is 46.4 Å². The zero-order chi connectivity index (χ0) is 52.6. The normalized spacial score (nSPS) is 27.8. The summed E-state index contributed by atoms with van der Waals surface area (Å²) in [6.07, 6.45) is 14.4. The van der Waals surface area contributed by atoms with Crippen molar-refractivity contribution in [3.05, 3.63) is 58.7 Å². The predicted molar refractivity (Wildman–Crippen MR) is 273 cm³/mol. The number of aromatic nitrogens is 2. The summed E-state index contributed by atoms with van der Waals surface area (Å²) in [5.74, 6) is -2.75. The van der Waals surface area contributed by atoms with Crippen LogP contribution in [0.2, 0.25) is 0 Å². The third-order valence-corrected chi connectivity index (χ3v) is 17.5. The fourth-order valence-corrected chi connectivity index (χ4v) is 13.2. The van der Waals surface area contributed by atoms with Gasteiger partial charge in [-0.15, -0.1) is 0 Å². The highest BCUT2D eigenvalue weighted by atomic mass is 16.3. The van der Waals surface area contributed by atoms with E-state index in [0.717, 1.165) is 100 Å². The van der Waals surface area contributed by atoms with Crippen LogP contribution in [0.3, 0.4) is 0 Å². The Labute approximate surface area is 434 Å². The van der Waals surface area contributed by atoms with Crippen molar-refractivity contribution in [2.45, 2.75) is 205 Å². The minimum Gasteiger partial charge on any atom is -0.381 e. The molecular weight excluding hydrogens is 943 g/mol. The van der Waals surface area contributed by atoms with Gasteiger partial charge in [0.1, 0.15) is 29.9 Å². The lowest BCUT2D eigenvalue weighted by Gasteiger charge is -2.38. The number of carbonyl (C=O) groups is 8. The molecule has 6 N–H and O–H groups in total. The maximum absolute atomic E-state index is 15.0. The van der Waals surface area contributed by atoms with Gasteiger partial charge in [0.25, 0.3) is 17.7 Å². The summed E-state index contributed by atoms with van der Waals surface area (Å²) in [5.41, 5.74) is 2.72. The first-order chi connectivity index (χ1) is 35.4. The van der Waals surface area contributed by atoms with Gasteiger partial charge in [0.15, 0.2) is 6.10 Å². The molecular formula is C56H77N9O9. The molecule has 3 aliphatic heterocycles. The monoisotopic (exact) mass is 1020 g/mol. The molecule has 0 radical (unpaired) electrons. The topological polar surface area (TPSA) is 249 Å². The Morgan fingerprint density at radius 1 is 0.865 bits per heavy atom. The fourth-order valence-electron chi connectivity index (χ4n) is 13.2. The van der Waals surface area contributed by atoms with Gasteiger partial charge in [-0.05, 0) is 123 Å². The second-order valence-corrected chi connectivity index (χ2v) is 23.8. The number of hydrogen-bond donors (Lipinski definition) is 6. The summed E-state index contributed by atoms with van der Waals surface area (Å²) in [7, 11) is 0. The van der Waals surface area contributed by atoms with Crippen LogP contribution in [0.25, 0.3) is 0 Å². The molecule has 0 bridgehead atoms. The molecule has 4 saturated carbocycles. The molecule has 1 aromatic heterocycles. The van der Waals surface area contributed by atoms with Gasteiger partial charge >= 0.3 is 0 Å². The Kier molecular flexibility index (Phi) is 15.9. The molecule has 6 fully saturated rings. The van der Waals surface area contributed by atoms with E-state index in [9.17, 15) is 43.5 Å². The van der Waals surface area contributed by atoms with Crippen molar-refractivity contribution in [3.63, 3.8) is 0 Å². The summed E-state index contributed by atoms with van der Waals surface area (Å²) in [6, 6.07) is 1.73. The molecule has 7 aliphatic rings. The summed E-state index contributed by atoms with van der Waals surface area (Å²) >= 11 is 0. The third kappa shape index (κ3) is 11.4. The number of benzene rings is 1. The maximum atomic E-state index is 15.0. The van der Waals surface area contributed by atoms with Crippen molar-refractivity contribution in [2.75, 3.05) is 6.54 Å². The number of aliphatic hydroxyl groups excluding tert-OH is 1. The molecule has 1 aromatic carbocycles. The summed E-state index contributed by atoms with van der Waals surface area (Å²) in [5, 5.41) is 25.4. The van der Waals surface area contributed by atoms with Crippen molar-refractivity contribution in [1.29, 1.82) is 0 Å². The van der Waals surface area contributed by atoms with E-state index in [1.807, 2.05) is 39.8 Å². The lowest BCUT2D eigenvalue weighted by molar-refractivity contribution is -0.146. The van der Waals surface area contributed by atoms with Crippen LogP contribution in [-0.2, 0) is 35.3 Å². The zero-order valence-corrected chi connectivity index (χ0v) is 43.8. The molecule has 18 heteroatoms. The molecule has 400 valence electrons. The molecule has 4 aliphatic carbocycles. The van der Waals surface area contributed by atoms with E-state index in [4.69, 9.17) is 4.98 Å². The largest absolute Gasteiger partial charge is 0.381 e. The molecule has 8 amide bonds. The van der Waals surface area contributed by atoms with Crippen LogP contribution in [0.5, 0.6) is 0 Å². The van der Waals surface area contributed by atoms with Crippen molar-refractivity contribution in [2.24, 2.45) is 29.1 Å². The average molecular weight is 1020 g/mol. The summed E-state index contributed by atoms with van der Waals surface area (Å²) in [4.78, 5) is 121. The lowest BCUT2D eigenvalue weighted by atomic mass is 9.71. The highest BCUT2D eigenvalue weighted by Gasteiger charge is 2.53. The quantitative estimate of drug-likeness (QED) is 0.126. The molecule has 74 heavy (non-hydrogen) atoms. The lowest BCUT2D eigenvalue weighted by Crippen LogP contribution is -2.62. The van der Waals surface area contributed by atoms with Crippen LogP contribution in [0.4, 0.5) is 0 Å². The van der Waals surface area contributed by atoms with Crippen LogP contribution in [0, 0.1) is 29.1 Å². The molecule has 9 rings (SSSR count). The van der Waals surface area contributed by atoms with Gasteiger partial charge in [-0.3, -0.25) is 48.7 Å². The Hall–Kier alpha value is -5.78. The van der Waals surface area contributed by atoms with E-state index in [0.29, 0.717) is 37.9 Å². The number of hydrogen-bond acceptors (Lipinski definition) is 11. The Morgan fingerprint density at radius 3 is 2.31 bits per heavy atom. The molecule has 5 unspecified atom stereocenters. The van der Waals surface area contributed by atoms with Gasteiger partial charge in [0.2, 0.25) is 29.5 Å². The summed E-state index contributed by atoms with van der Waals surface area (Å²) in [6.45, 7) is 10.5. The highest BCUT2D eigenvalue weighted by Crippen LogP contribution is 2.46. The first-order valence-corrected chi connectivity index (χ1v) is 27.7. The predicted octanol–water partition coefficient (Wildman–Crippen LogP) is 4.69.